The standard InChI is InChI=1S/C22H31N3O5/c1-22(2,3)30-21(28)23-16-20(27)25-12-6-11-24(13-14-25)19(26)10-9-17-7-5-8-18(15-17)29-4/h5,7-10,15H,6,11-14,16H2,1-4H3,(H,23,28)/b10-9+. The Balaban J connectivity index is 1.83. The Kier molecular flexibility index (Phi) is 8.26. The summed E-state index contributed by atoms with van der Waals surface area (Å²) in [4.78, 5) is 40.0. The number of methoxy groups -OCH3 is 1. The van der Waals surface area contributed by atoms with Gasteiger partial charge in [-0.3, -0.25) is 9.59 Å². The fourth-order valence-corrected chi connectivity index (χ4v) is 2.98. The predicted molar refractivity (Wildman–Crippen MR) is 114 cm³/mol. The number of rotatable bonds is 5. The molecule has 8 heteroatoms. The lowest BCUT2D eigenvalue weighted by molar-refractivity contribution is -0.131. The van der Waals surface area contributed by atoms with Gasteiger partial charge in [-0.1, -0.05) is 12.1 Å². The molecule has 1 aromatic rings. The highest BCUT2D eigenvalue weighted by Gasteiger charge is 2.22. The smallest absolute Gasteiger partial charge is 0.408 e. The number of hydrogen-bond donors (Lipinski definition) is 1. The molecule has 0 aliphatic carbocycles. The van der Waals surface area contributed by atoms with Gasteiger partial charge in [0.1, 0.15) is 17.9 Å². The van der Waals surface area contributed by atoms with Crippen molar-refractivity contribution in [2.24, 2.45) is 0 Å². The van der Waals surface area contributed by atoms with Gasteiger partial charge in [-0.2, -0.15) is 0 Å². The second-order valence-electron chi connectivity index (χ2n) is 8.03. The van der Waals surface area contributed by atoms with Crippen molar-refractivity contribution < 1.29 is 23.9 Å². The van der Waals surface area contributed by atoms with Crippen LogP contribution >= 0.6 is 0 Å². The van der Waals surface area contributed by atoms with Crippen molar-refractivity contribution in [1.82, 2.24) is 15.1 Å². The van der Waals surface area contributed by atoms with Gasteiger partial charge in [0, 0.05) is 32.3 Å². The lowest BCUT2D eigenvalue weighted by atomic mass is 10.2. The zero-order valence-electron chi connectivity index (χ0n) is 18.1. The Bertz CT molecular complexity index is 785. The van der Waals surface area contributed by atoms with Crippen molar-refractivity contribution in [2.45, 2.75) is 32.8 Å². The molecule has 8 nitrogen and oxygen atoms in total. The zero-order valence-corrected chi connectivity index (χ0v) is 18.1. The third-order valence-corrected chi connectivity index (χ3v) is 4.46. The number of carbonyl (C=O) groups is 3. The highest BCUT2D eigenvalue weighted by Crippen LogP contribution is 2.14. The van der Waals surface area contributed by atoms with Crippen LogP contribution < -0.4 is 10.1 Å². The summed E-state index contributed by atoms with van der Waals surface area (Å²) in [7, 11) is 1.60. The Morgan fingerprint density at radius 1 is 1.10 bits per heavy atom. The van der Waals surface area contributed by atoms with Crippen molar-refractivity contribution in [2.75, 3.05) is 39.8 Å². The molecule has 0 bridgehead atoms. The van der Waals surface area contributed by atoms with Crippen LogP contribution in [0.1, 0.15) is 32.8 Å². The topological polar surface area (TPSA) is 88.2 Å². The van der Waals surface area contributed by atoms with E-state index in [9.17, 15) is 14.4 Å². The maximum atomic E-state index is 12.5. The third-order valence-electron chi connectivity index (χ3n) is 4.46. The van der Waals surface area contributed by atoms with E-state index >= 15 is 0 Å². The fraction of sp³-hybridized carbons (Fsp3) is 0.500. The van der Waals surface area contributed by atoms with Crippen molar-refractivity contribution in [3.05, 3.63) is 35.9 Å². The van der Waals surface area contributed by atoms with Gasteiger partial charge in [0.05, 0.1) is 7.11 Å². The molecule has 1 N–H and O–H groups in total. The lowest BCUT2D eigenvalue weighted by Gasteiger charge is -2.23. The van der Waals surface area contributed by atoms with E-state index in [-0.39, 0.29) is 18.4 Å². The van der Waals surface area contributed by atoms with Crippen LogP contribution in [0.5, 0.6) is 5.75 Å². The molecule has 1 saturated heterocycles. The summed E-state index contributed by atoms with van der Waals surface area (Å²) in [6.45, 7) is 7.14. The summed E-state index contributed by atoms with van der Waals surface area (Å²) in [5, 5.41) is 2.48. The van der Waals surface area contributed by atoms with Crippen molar-refractivity contribution >= 4 is 24.0 Å². The van der Waals surface area contributed by atoms with Crippen LogP contribution in [0.2, 0.25) is 0 Å². The van der Waals surface area contributed by atoms with E-state index in [1.54, 1.807) is 43.8 Å². The molecule has 1 heterocycles. The zero-order chi connectivity index (χ0) is 22.1. The minimum Gasteiger partial charge on any atom is -0.497 e. The number of ether oxygens (including phenoxy) is 2. The lowest BCUT2D eigenvalue weighted by Crippen LogP contribution is -2.43. The van der Waals surface area contributed by atoms with Gasteiger partial charge in [-0.05, 0) is 51.0 Å². The average molecular weight is 418 g/mol. The average Bonchev–Trinajstić information content (AvgIpc) is 2.95. The van der Waals surface area contributed by atoms with Crippen molar-refractivity contribution in [1.29, 1.82) is 0 Å². The summed E-state index contributed by atoms with van der Waals surface area (Å²) in [5.74, 6) is 0.439. The summed E-state index contributed by atoms with van der Waals surface area (Å²) in [6.07, 6.45) is 3.35. The van der Waals surface area contributed by atoms with Crippen LogP contribution in [0.4, 0.5) is 4.79 Å². The van der Waals surface area contributed by atoms with E-state index in [0.717, 1.165) is 11.3 Å². The van der Waals surface area contributed by atoms with Crippen molar-refractivity contribution in [3.63, 3.8) is 0 Å². The second-order valence-corrected chi connectivity index (χ2v) is 8.03. The quantitative estimate of drug-likeness (QED) is 0.743. The molecule has 30 heavy (non-hydrogen) atoms. The van der Waals surface area contributed by atoms with Gasteiger partial charge in [-0.25, -0.2) is 4.79 Å². The first-order valence-electron chi connectivity index (χ1n) is 10.0. The van der Waals surface area contributed by atoms with E-state index in [1.165, 1.54) is 6.08 Å². The molecular weight excluding hydrogens is 386 g/mol. The molecule has 1 fully saturated rings. The van der Waals surface area contributed by atoms with Crippen molar-refractivity contribution in [3.8, 4) is 5.75 Å². The SMILES string of the molecule is COc1cccc(/C=C/C(=O)N2CCCN(C(=O)CNC(=O)OC(C)(C)C)CC2)c1. The highest BCUT2D eigenvalue weighted by atomic mass is 16.6. The molecular formula is C22H31N3O5. The van der Waals surface area contributed by atoms with Gasteiger partial charge in [0.15, 0.2) is 0 Å². The van der Waals surface area contributed by atoms with Crippen LogP contribution in [-0.2, 0) is 14.3 Å². The monoisotopic (exact) mass is 417 g/mol. The van der Waals surface area contributed by atoms with Gasteiger partial charge in [-0.15, -0.1) is 0 Å². The number of nitrogens with zero attached hydrogens (tertiary/aromatic N) is 2. The second kappa shape index (κ2) is 10.7. The van der Waals surface area contributed by atoms with Crippen LogP contribution in [0.3, 0.4) is 0 Å². The number of alkyl carbamates (subject to hydrolysis) is 1. The molecule has 1 aliphatic rings. The van der Waals surface area contributed by atoms with Gasteiger partial charge < -0.3 is 24.6 Å². The summed E-state index contributed by atoms with van der Waals surface area (Å²) in [5.41, 5.74) is 0.261. The summed E-state index contributed by atoms with van der Waals surface area (Å²) >= 11 is 0. The van der Waals surface area contributed by atoms with Gasteiger partial charge in [0.25, 0.3) is 0 Å². The van der Waals surface area contributed by atoms with E-state index in [2.05, 4.69) is 5.32 Å². The Morgan fingerprint density at radius 3 is 2.50 bits per heavy atom. The van der Waals surface area contributed by atoms with E-state index < -0.39 is 11.7 Å². The number of hydrogen-bond acceptors (Lipinski definition) is 5. The van der Waals surface area contributed by atoms with Crippen LogP contribution in [-0.4, -0.2) is 73.1 Å². The number of carbonyl (C=O) groups excluding carboxylic acids is 3. The Morgan fingerprint density at radius 2 is 1.80 bits per heavy atom. The van der Waals surface area contributed by atoms with Crippen LogP contribution in [0.25, 0.3) is 6.08 Å². The first-order valence-corrected chi connectivity index (χ1v) is 10.0. The molecule has 3 amide bonds. The number of amides is 3. The van der Waals surface area contributed by atoms with Crippen LogP contribution in [0.15, 0.2) is 30.3 Å². The molecule has 1 aliphatic heterocycles. The summed E-state index contributed by atoms with van der Waals surface area (Å²) in [6, 6.07) is 7.46. The molecule has 0 aromatic heterocycles. The molecule has 2 rings (SSSR count). The van der Waals surface area contributed by atoms with E-state index in [1.807, 2.05) is 24.3 Å². The van der Waals surface area contributed by atoms with Gasteiger partial charge in [0.2, 0.25) is 11.8 Å². The van der Waals surface area contributed by atoms with E-state index in [0.29, 0.717) is 32.6 Å². The molecule has 0 saturated carbocycles. The van der Waals surface area contributed by atoms with Gasteiger partial charge >= 0.3 is 6.09 Å². The molecule has 0 spiro atoms. The molecule has 0 radical (unpaired) electrons. The Labute approximate surface area is 177 Å². The minimum absolute atomic E-state index is 0.0981. The fourth-order valence-electron chi connectivity index (χ4n) is 2.98. The minimum atomic E-state index is -0.620. The largest absolute Gasteiger partial charge is 0.497 e. The number of nitrogens with one attached hydrogen (secondary N) is 1. The molecule has 164 valence electrons. The third kappa shape index (κ3) is 7.77. The first kappa shape index (κ1) is 23.3. The molecule has 0 unspecified atom stereocenters. The predicted octanol–water partition coefficient (Wildman–Crippen LogP) is 2.29. The van der Waals surface area contributed by atoms with Crippen LogP contribution in [0, 0.1) is 0 Å². The Hall–Kier alpha value is -3.03. The molecule has 0 atom stereocenters. The first-order chi connectivity index (χ1) is 14.2. The maximum absolute atomic E-state index is 12.5. The highest BCUT2D eigenvalue weighted by molar-refractivity contribution is 5.92. The normalized spacial score (nSPS) is 14.9. The summed E-state index contributed by atoms with van der Waals surface area (Å²) < 4.78 is 10.3. The van der Waals surface area contributed by atoms with E-state index in [4.69, 9.17) is 9.47 Å². The maximum Gasteiger partial charge on any atom is 0.408 e. The number of benzene rings is 1. The molecule has 1 aromatic carbocycles.